The average molecular weight is 204 g/mol. The van der Waals surface area contributed by atoms with Gasteiger partial charge in [0.2, 0.25) is 5.91 Å². The van der Waals surface area contributed by atoms with E-state index in [1.165, 1.54) is 0 Å². The lowest BCUT2D eigenvalue weighted by molar-refractivity contribution is -0.128. The summed E-state index contributed by atoms with van der Waals surface area (Å²) in [5, 5.41) is 3.24. The van der Waals surface area contributed by atoms with Gasteiger partial charge >= 0.3 is 0 Å². The summed E-state index contributed by atoms with van der Waals surface area (Å²) in [6, 6.07) is 0. The topological polar surface area (TPSA) is 32.3 Å². The number of nitrogens with zero attached hydrogens (tertiary/aromatic N) is 1. The van der Waals surface area contributed by atoms with Crippen molar-refractivity contribution in [1.82, 2.24) is 10.2 Å². The molecule has 0 aromatic rings. The second kappa shape index (κ2) is 8.38. The maximum absolute atomic E-state index is 11.1. The molecule has 0 saturated carbocycles. The summed E-state index contributed by atoms with van der Waals surface area (Å²) in [6.07, 6.45) is 0.601. The average Bonchev–Trinajstić information content (AvgIpc) is 2.10. The second-order valence-electron chi connectivity index (χ2n) is 2.99. The Hall–Kier alpha value is -0.220. The van der Waals surface area contributed by atoms with E-state index in [4.69, 9.17) is 0 Å². The van der Waals surface area contributed by atoms with Crippen LogP contribution in [0.25, 0.3) is 0 Å². The minimum absolute atomic E-state index is 0.190. The number of hydrogen-bond donors (Lipinski definition) is 1. The summed E-state index contributed by atoms with van der Waals surface area (Å²) in [4.78, 5) is 12.7. The standard InChI is InChI=1S/C9H20N2OS/c1-4-13-8-7-10-6-5-9(12)11(2)3/h10H,4-8H2,1-3H3. The Morgan fingerprint density at radius 2 is 2.08 bits per heavy atom. The van der Waals surface area contributed by atoms with Gasteiger partial charge in [-0.25, -0.2) is 0 Å². The summed E-state index contributed by atoms with van der Waals surface area (Å²) in [5.41, 5.74) is 0. The molecule has 4 heteroatoms. The van der Waals surface area contributed by atoms with Crippen LogP contribution >= 0.6 is 11.8 Å². The van der Waals surface area contributed by atoms with E-state index in [2.05, 4.69) is 12.2 Å². The van der Waals surface area contributed by atoms with Crippen molar-refractivity contribution in [2.45, 2.75) is 13.3 Å². The molecule has 0 aromatic carbocycles. The third-order valence-electron chi connectivity index (χ3n) is 1.64. The van der Waals surface area contributed by atoms with Crippen molar-refractivity contribution in [2.24, 2.45) is 0 Å². The van der Waals surface area contributed by atoms with Crippen LogP contribution in [0.3, 0.4) is 0 Å². The minimum Gasteiger partial charge on any atom is -0.349 e. The Kier molecular flexibility index (Phi) is 8.24. The highest BCUT2D eigenvalue weighted by Crippen LogP contribution is 1.95. The Morgan fingerprint density at radius 3 is 2.62 bits per heavy atom. The fourth-order valence-corrected chi connectivity index (χ4v) is 1.41. The molecule has 13 heavy (non-hydrogen) atoms. The molecule has 0 aromatic heterocycles. The third kappa shape index (κ3) is 8.12. The molecule has 0 radical (unpaired) electrons. The molecule has 0 atom stereocenters. The summed E-state index contributed by atoms with van der Waals surface area (Å²) in [6.45, 7) is 3.95. The summed E-state index contributed by atoms with van der Waals surface area (Å²) in [5.74, 6) is 2.49. The second-order valence-corrected chi connectivity index (χ2v) is 4.38. The van der Waals surface area contributed by atoms with Gasteiger partial charge < -0.3 is 10.2 Å². The first kappa shape index (κ1) is 12.8. The van der Waals surface area contributed by atoms with E-state index < -0.39 is 0 Å². The Balaban J connectivity index is 3.12. The number of carbonyl (C=O) groups is 1. The first-order valence-corrected chi connectivity index (χ1v) is 5.82. The maximum atomic E-state index is 11.1. The normalized spacial score (nSPS) is 10.1. The molecule has 0 aliphatic carbocycles. The molecule has 78 valence electrons. The van der Waals surface area contributed by atoms with E-state index in [1.807, 2.05) is 11.8 Å². The van der Waals surface area contributed by atoms with Crippen LogP contribution in [0.5, 0.6) is 0 Å². The number of carbonyl (C=O) groups excluding carboxylic acids is 1. The number of hydrogen-bond acceptors (Lipinski definition) is 3. The van der Waals surface area contributed by atoms with Crippen LogP contribution in [0, 0.1) is 0 Å². The lowest BCUT2D eigenvalue weighted by Gasteiger charge is -2.10. The van der Waals surface area contributed by atoms with Crippen LogP contribution in [0.1, 0.15) is 13.3 Å². The Morgan fingerprint density at radius 1 is 1.38 bits per heavy atom. The van der Waals surface area contributed by atoms with Gasteiger partial charge in [-0.3, -0.25) is 4.79 Å². The molecular weight excluding hydrogens is 184 g/mol. The van der Waals surface area contributed by atoms with Gasteiger partial charge in [0.15, 0.2) is 0 Å². The van der Waals surface area contributed by atoms with Gasteiger partial charge in [-0.2, -0.15) is 11.8 Å². The first-order chi connectivity index (χ1) is 6.18. The lowest BCUT2D eigenvalue weighted by Crippen LogP contribution is -2.27. The largest absolute Gasteiger partial charge is 0.349 e. The molecule has 3 nitrogen and oxygen atoms in total. The molecule has 1 N–H and O–H groups in total. The van der Waals surface area contributed by atoms with Crippen LogP contribution in [-0.4, -0.2) is 49.5 Å². The van der Waals surface area contributed by atoms with E-state index >= 15 is 0 Å². The predicted octanol–water partition coefficient (Wildman–Crippen LogP) is 0.807. The molecule has 0 heterocycles. The smallest absolute Gasteiger partial charge is 0.223 e. The van der Waals surface area contributed by atoms with Crippen molar-refractivity contribution in [3.05, 3.63) is 0 Å². The molecule has 0 rings (SSSR count). The highest BCUT2D eigenvalue weighted by atomic mass is 32.2. The van der Waals surface area contributed by atoms with E-state index in [-0.39, 0.29) is 5.91 Å². The summed E-state index contributed by atoms with van der Waals surface area (Å²) in [7, 11) is 3.57. The van der Waals surface area contributed by atoms with Gasteiger partial charge in [-0.05, 0) is 5.75 Å². The van der Waals surface area contributed by atoms with E-state index in [9.17, 15) is 4.79 Å². The van der Waals surface area contributed by atoms with Gasteiger partial charge in [-0.1, -0.05) is 6.92 Å². The highest BCUT2D eigenvalue weighted by Gasteiger charge is 2.01. The van der Waals surface area contributed by atoms with E-state index in [1.54, 1.807) is 19.0 Å². The molecule has 0 spiro atoms. The summed E-state index contributed by atoms with van der Waals surface area (Å²) < 4.78 is 0. The van der Waals surface area contributed by atoms with Gasteiger partial charge in [0.25, 0.3) is 0 Å². The van der Waals surface area contributed by atoms with Gasteiger partial charge in [-0.15, -0.1) is 0 Å². The highest BCUT2D eigenvalue weighted by molar-refractivity contribution is 7.99. The van der Waals surface area contributed by atoms with Crippen molar-refractivity contribution in [3.63, 3.8) is 0 Å². The predicted molar refractivity (Wildman–Crippen MR) is 59.2 cm³/mol. The number of amides is 1. The van der Waals surface area contributed by atoms with Gasteiger partial charge in [0.05, 0.1) is 0 Å². The van der Waals surface area contributed by atoms with Crippen LogP contribution in [0.2, 0.25) is 0 Å². The molecule has 0 saturated heterocycles. The summed E-state index contributed by atoms with van der Waals surface area (Å²) >= 11 is 1.92. The van der Waals surface area contributed by atoms with Crippen molar-refractivity contribution >= 4 is 17.7 Å². The zero-order valence-corrected chi connectivity index (χ0v) is 9.62. The van der Waals surface area contributed by atoms with Crippen molar-refractivity contribution in [3.8, 4) is 0 Å². The molecule has 0 bridgehead atoms. The fourth-order valence-electron chi connectivity index (χ4n) is 0.833. The van der Waals surface area contributed by atoms with Crippen LogP contribution in [0.4, 0.5) is 0 Å². The number of rotatable bonds is 7. The molecule has 0 fully saturated rings. The quantitative estimate of drug-likeness (QED) is 0.623. The van der Waals surface area contributed by atoms with E-state index in [0.29, 0.717) is 6.42 Å². The fraction of sp³-hybridized carbons (Fsp3) is 0.889. The van der Waals surface area contributed by atoms with Crippen LogP contribution in [0.15, 0.2) is 0 Å². The van der Waals surface area contributed by atoms with Gasteiger partial charge in [0, 0.05) is 39.4 Å². The van der Waals surface area contributed by atoms with E-state index in [0.717, 1.165) is 24.6 Å². The molecule has 0 aliphatic rings. The van der Waals surface area contributed by atoms with Crippen LogP contribution in [-0.2, 0) is 4.79 Å². The molecule has 0 aliphatic heterocycles. The maximum Gasteiger partial charge on any atom is 0.223 e. The molecular formula is C9H20N2OS. The first-order valence-electron chi connectivity index (χ1n) is 4.67. The SMILES string of the molecule is CCSCCNCCC(=O)N(C)C. The molecule has 1 amide bonds. The Bertz CT molecular complexity index is 140. The monoisotopic (exact) mass is 204 g/mol. The van der Waals surface area contributed by atoms with Crippen molar-refractivity contribution in [1.29, 1.82) is 0 Å². The molecule has 0 unspecified atom stereocenters. The minimum atomic E-state index is 0.190. The Labute approximate surface area is 85.3 Å². The lowest BCUT2D eigenvalue weighted by atomic mass is 10.4. The van der Waals surface area contributed by atoms with Crippen molar-refractivity contribution in [2.75, 3.05) is 38.7 Å². The van der Waals surface area contributed by atoms with Gasteiger partial charge in [0.1, 0.15) is 0 Å². The van der Waals surface area contributed by atoms with Crippen molar-refractivity contribution < 1.29 is 4.79 Å². The zero-order chi connectivity index (χ0) is 10.1. The number of nitrogens with one attached hydrogen (secondary N) is 1. The number of thioether (sulfide) groups is 1. The zero-order valence-electron chi connectivity index (χ0n) is 8.80. The van der Waals surface area contributed by atoms with Crippen LogP contribution < -0.4 is 5.32 Å². The third-order valence-corrected chi connectivity index (χ3v) is 2.54.